The monoisotopic (exact) mass is 308 g/mol. The predicted octanol–water partition coefficient (Wildman–Crippen LogP) is 3.43. The molecule has 2 aromatic rings. The number of aromatic nitrogens is 2. The maximum Gasteiger partial charge on any atom is 0.152 e. The summed E-state index contributed by atoms with van der Waals surface area (Å²) in [6.45, 7) is 6.04. The Morgan fingerprint density at radius 3 is 2.22 bits per heavy atom. The lowest BCUT2D eigenvalue weighted by atomic mass is 10.1. The third kappa shape index (κ3) is 2.22. The van der Waals surface area contributed by atoms with Gasteiger partial charge in [-0.3, -0.25) is 4.68 Å². The number of nitrogens with zero attached hydrogens (tertiary/aromatic N) is 2. The van der Waals surface area contributed by atoms with Crippen LogP contribution in [0.1, 0.15) is 16.8 Å². The highest BCUT2D eigenvalue weighted by Crippen LogP contribution is 2.29. The molecule has 4 nitrogen and oxygen atoms in total. The zero-order valence-corrected chi connectivity index (χ0v) is 12.6. The van der Waals surface area contributed by atoms with Gasteiger partial charge < -0.3 is 11.1 Å². The van der Waals surface area contributed by atoms with Crippen molar-refractivity contribution in [1.82, 2.24) is 9.78 Å². The van der Waals surface area contributed by atoms with Crippen molar-refractivity contribution < 1.29 is 0 Å². The van der Waals surface area contributed by atoms with Crippen LogP contribution in [0.15, 0.2) is 16.6 Å². The fourth-order valence-electron chi connectivity index (χ4n) is 1.98. The Morgan fingerprint density at radius 2 is 1.78 bits per heavy atom. The summed E-state index contributed by atoms with van der Waals surface area (Å²) in [5.41, 5.74) is 10.9. The van der Waals surface area contributed by atoms with Crippen molar-refractivity contribution in [2.45, 2.75) is 20.8 Å². The van der Waals surface area contributed by atoms with Crippen LogP contribution in [-0.4, -0.2) is 9.78 Å². The first-order chi connectivity index (χ1) is 8.40. The van der Waals surface area contributed by atoms with Gasteiger partial charge in [0, 0.05) is 17.2 Å². The molecular formula is C13H17BrN4. The number of hydrogen-bond acceptors (Lipinski definition) is 3. The van der Waals surface area contributed by atoms with Crippen molar-refractivity contribution in [1.29, 1.82) is 0 Å². The summed E-state index contributed by atoms with van der Waals surface area (Å²) in [5.74, 6) is 0.827. The third-order valence-electron chi connectivity index (χ3n) is 2.97. The molecule has 1 aromatic heterocycles. The van der Waals surface area contributed by atoms with Gasteiger partial charge in [-0.2, -0.15) is 5.10 Å². The molecular weight excluding hydrogens is 292 g/mol. The SMILES string of the molecule is Cc1cc(Nc2c(N)c(C)nn2C)cc(C)c1Br. The molecule has 0 radical (unpaired) electrons. The zero-order valence-electron chi connectivity index (χ0n) is 11.0. The molecule has 96 valence electrons. The van der Waals surface area contributed by atoms with E-state index >= 15 is 0 Å². The van der Waals surface area contributed by atoms with Crippen LogP contribution in [0.3, 0.4) is 0 Å². The van der Waals surface area contributed by atoms with E-state index in [0.717, 1.165) is 21.7 Å². The van der Waals surface area contributed by atoms with Gasteiger partial charge in [-0.1, -0.05) is 15.9 Å². The van der Waals surface area contributed by atoms with Gasteiger partial charge in [0.05, 0.1) is 11.4 Å². The number of nitrogens with one attached hydrogen (secondary N) is 1. The normalized spacial score (nSPS) is 10.7. The molecule has 0 unspecified atom stereocenters. The summed E-state index contributed by atoms with van der Waals surface area (Å²) in [6, 6.07) is 4.16. The smallest absolute Gasteiger partial charge is 0.152 e. The first kappa shape index (κ1) is 13.0. The lowest BCUT2D eigenvalue weighted by Gasteiger charge is -2.11. The Morgan fingerprint density at radius 1 is 1.22 bits per heavy atom. The van der Waals surface area contributed by atoms with Crippen LogP contribution in [0, 0.1) is 20.8 Å². The minimum Gasteiger partial charge on any atom is -0.394 e. The van der Waals surface area contributed by atoms with Gasteiger partial charge >= 0.3 is 0 Å². The van der Waals surface area contributed by atoms with Crippen LogP contribution in [0.25, 0.3) is 0 Å². The number of benzene rings is 1. The fraction of sp³-hybridized carbons (Fsp3) is 0.308. The first-order valence-electron chi connectivity index (χ1n) is 5.73. The van der Waals surface area contributed by atoms with Crippen LogP contribution in [-0.2, 0) is 7.05 Å². The van der Waals surface area contributed by atoms with Gasteiger partial charge in [0.15, 0.2) is 5.82 Å². The van der Waals surface area contributed by atoms with Crippen LogP contribution >= 0.6 is 15.9 Å². The third-order valence-corrected chi connectivity index (χ3v) is 4.22. The van der Waals surface area contributed by atoms with E-state index in [1.807, 2.05) is 14.0 Å². The first-order valence-corrected chi connectivity index (χ1v) is 6.52. The molecule has 0 saturated heterocycles. The highest BCUT2D eigenvalue weighted by Gasteiger charge is 2.11. The molecule has 0 amide bonds. The van der Waals surface area contributed by atoms with Gasteiger partial charge in [0.25, 0.3) is 0 Å². The molecule has 0 aliphatic carbocycles. The van der Waals surface area contributed by atoms with Gasteiger partial charge in [-0.05, 0) is 44.0 Å². The molecule has 2 rings (SSSR count). The number of halogens is 1. The second-order valence-electron chi connectivity index (χ2n) is 4.52. The van der Waals surface area contributed by atoms with E-state index in [0.29, 0.717) is 5.69 Å². The molecule has 18 heavy (non-hydrogen) atoms. The fourth-order valence-corrected chi connectivity index (χ4v) is 2.21. The molecule has 3 N–H and O–H groups in total. The minimum atomic E-state index is 0.690. The standard InChI is InChI=1S/C13H17BrN4/c1-7-5-10(6-8(2)11(7)14)16-13-12(15)9(3)17-18(13)4/h5-6,16H,15H2,1-4H3. The van der Waals surface area contributed by atoms with Gasteiger partial charge in [-0.25, -0.2) is 0 Å². The summed E-state index contributed by atoms with van der Waals surface area (Å²) in [5, 5.41) is 7.61. The second-order valence-corrected chi connectivity index (χ2v) is 5.31. The highest BCUT2D eigenvalue weighted by atomic mass is 79.9. The van der Waals surface area contributed by atoms with Crippen LogP contribution in [0.4, 0.5) is 17.2 Å². The highest BCUT2D eigenvalue weighted by molar-refractivity contribution is 9.10. The molecule has 0 spiro atoms. The summed E-state index contributed by atoms with van der Waals surface area (Å²) < 4.78 is 2.90. The average Bonchev–Trinajstić information content (AvgIpc) is 2.53. The second kappa shape index (κ2) is 4.65. The molecule has 1 aromatic carbocycles. The molecule has 0 fully saturated rings. The Bertz CT molecular complexity index is 578. The molecule has 0 aliphatic heterocycles. The summed E-state index contributed by atoms with van der Waals surface area (Å²) >= 11 is 3.56. The Hall–Kier alpha value is -1.49. The van der Waals surface area contributed by atoms with Crippen molar-refractivity contribution in [2.24, 2.45) is 7.05 Å². The lowest BCUT2D eigenvalue weighted by Crippen LogP contribution is -2.02. The lowest BCUT2D eigenvalue weighted by molar-refractivity contribution is 0.765. The van der Waals surface area contributed by atoms with Crippen LogP contribution < -0.4 is 11.1 Å². The van der Waals surface area contributed by atoms with Gasteiger partial charge in [0.2, 0.25) is 0 Å². The number of hydrogen-bond donors (Lipinski definition) is 2. The maximum absolute atomic E-state index is 6.00. The van der Waals surface area contributed by atoms with Gasteiger partial charge in [0.1, 0.15) is 0 Å². The molecule has 0 saturated carbocycles. The number of nitrogen functional groups attached to an aromatic ring is 1. The average molecular weight is 309 g/mol. The van der Waals surface area contributed by atoms with E-state index in [9.17, 15) is 0 Å². The summed E-state index contributed by atoms with van der Waals surface area (Å²) in [6.07, 6.45) is 0. The zero-order chi connectivity index (χ0) is 13.4. The number of rotatable bonds is 2. The van der Waals surface area contributed by atoms with Gasteiger partial charge in [-0.15, -0.1) is 0 Å². The van der Waals surface area contributed by atoms with Crippen molar-refractivity contribution in [3.05, 3.63) is 33.4 Å². The van der Waals surface area contributed by atoms with Crippen molar-refractivity contribution in [3.8, 4) is 0 Å². The van der Waals surface area contributed by atoms with E-state index < -0.39 is 0 Å². The van der Waals surface area contributed by atoms with E-state index in [2.05, 4.69) is 52.3 Å². The number of anilines is 3. The molecule has 0 aliphatic rings. The topological polar surface area (TPSA) is 55.9 Å². The number of aryl methyl sites for hydroxylation is 4. The molecule has 1 heterocycles. The van der Waals surface area contributed by atoms with Crippen molar-refractivity contribution in [2.75, 3.05) is 11.1 Å². The van der Waals surface area contributed by atoms with Crippen LogP contribution in [0.5, 0.6) is 0 Å². The Labute approximate surface area is 115 Å². The Kier molecular flexibility index (Phi) is 3.34. The quantitative estimate of drug-likeness (QED) is 0.893. The van der Waals surface area contributed by atoms with Crippen molar-refractivity contribution in [3.63, 3.8) is 0 Å². The summed E-state index contributed by atoms with van der Waals surface area (Å²) in [4.78, 5) is 0. The minimum absolute atomic E-state index is 0.690. The predicted molar refractivity (Wildman–Crippen MR) is 79.3 cm³/mol. The van der Waals surface area contributed by atoms with E-state index in [-0.39, 0.29) is 0 Å². The molecule has 0 bridgehead atoms. The van der Waals surface area contributed by atoms with E-state index in [1.165, 1.54) is 11.1 Å². The maximum atomic E-state index is 6.00. The molecule has 5 heteroatoms. The molecule has 0 atom stereocenters. The largest absolute Gasteiger partial charge is 0.394 e. The van der Waals surface area contributed by atoms with E-state index in [1.54, 1.807) is 4.68 Å². The summed E-state index contributed by atoms with van der Waals surface area (Å²) in [7, 11) is 1.88. The van der Waals surface area contributed by atoms with Crippen LogP contribution in [0.2, 0.25) is 0 Å². The Balaban J connectivity index is 2.40. The van der Waals surface area contributed by atoms with E-state index in [4.69, 9.17) is 5.73 Å². The van der Waals surface area contributed by atoms with Crippen molar-refractivity contribution >= 4 is 33.1 Å². The number of nitrogens with two attached hydrogens (primary N) is 1.